The number of nitrogens with zero attached hydrogens (tertiary/aromatic N) is 1. The molecule has 2 unspecified atom stereocenters. The Labute approximate surface area is 135 Å². The monoisotopic (exact) mass is 317 g/mol. The van der Waals surface area contributed by atoms with E-state index < -0.39 is 17.1 Å². The highest BCUT2D eigenvalue weighted by molar-refractivity contribution is 5.62. The molecular formula is C18H23NO4. The lowest BCUT2D eigenvalue weighted by Gasteiger charge is -2.63. The van der Waals surface area contributed by atoms with Gasteiger partial charge >= 0.3 is 0 Å². The Morgan fingerprint density at radius 2 is 2.17 bits per heavy atom. The summed E-state index contributed by atoms with van der Waals surface area (Å²) in [5.41, 5.74) is 0.999. The van der Waals surface area contributed by atoms with Gasteiger partial charge in [-0.2, -0.15) is 0 Å². The van der Waals surface area contributed by atoms with Gasteiger partial charge in [-0.05, 0) is 50.9 Å². The van der Waals surface area contributed by atoms with Crippen LogP contribution in [0.5, 0.6) is 11.5 Å². The second-order valence-corrected chi connectivity index (χ2v) is 7.62. The number of hydrogen-bond donors (Lipinski definition) is 2. The van der Waals surface area contributed by atoms with Crippen LogP contribution in [0.2, 0.25) is 0 Å². The number of aliphatic hydroxyl groups excluding tert-OH is 1. The topological polar surface area (TPSA) is 62.2 Å². The second-order valence-electron chi connectivity index (χ2n) is 7.62. The normalized spacial score (nSPS) is 43.7. The van der Waals surface area contributed by atoms with Gasteiger partial charge in [0.2, 0.25) is 0 Å². The highest BCUT2D eigenvalue weighted by atomic mass is 16.5. The van der Waals surface area contributed by atoms with Gasteiger partial charge in [-0.1, -0.05) is 6.07 Å². The van der Waals surface area contributed by atoms with Crippen molar-refractivity contribution in [2.45, 2.75) is 54.9 Å². The second kappa shape index (κ2) is 4.21. The number of ether oxygens (including phenoxy) is 2. The molecule has 0 radical (unpaired) electrons. The van der Waals surface area contributed by atoms with E-state index in [0.29, 0.717) is 18.6 Å². The summed E-state index contributed by atoms with van der Waals surface area (Å²) in [5, 5.41) is 22.4. The Bertz CT molecular complexity index is 692. The van der Waals surface area contributed by atoms with E-state index in [-0.39, 0.29) is 12.1 Å². The first-order valence-electron chi connectivity index (χ1n) is 8.50. The van der Waals surface area contributed by atoms with Crippen LogP contribution in [-0.4, -0.2) is 59.7 Å². The molecule has 5 nitrogen and oxygen atoms in total. The van der Waals surface area contributed by atoms with E-state index in [1.165, 1.54) is 5.56 Å². The minimum absolute atomic E-state index is 0.0849. The number of methoxy groups -OCH3 is 1. The van der Waals surface area contributed by atoms with Gasteiger partial charge < -0.3 is 24.6 Å². The fraction of sp³-hybridized carbons (Fsp3) is 0.667. The zero-order chi connectivity index (χ0) is 16.0. The summed E-state index contributed by atoms with van der Waals surface area (Å²) in [4.78, 5) is 2.28. The highest BCUT2D eigenvalue weighted by Crippen LogP contribution is 2.65. The predicted molar refractivity (Wildman–Crippen MR) is 84.0 cm³/mol. The third-order valence-corrected chi connectivity index (χ3v) is 6.90. The average Bonchev–Trinajstić information content (AvgIpc) is 2.90. The molecule has 5 rings (SSSR count). The van der Waals surface area contributed by atoms with Gasteiger partial charge in [-0.15, -0.1) is 0 Å². The first-order chi connectivity index (χ1) is 11.0. The molecule has 0 aromatic heterocycles. The summed E-state index contributed by atoms with van der Waals surface area (Å²) in [5.74, 6) is 1.46. The maximum Gasteiger partial charge on any atom is 0.166 e. The van der Waals surface area contributed by atoms with Crippen LogP contribution >= 0.6 is 0 Å². The number of hydrogen-bond acceptors (Lipinski definition) is 5. The lowest BCUT2D eigenvalue weighted by Crippen LogP contribution is -2.76. The van der Waals surface area contributed by atoms with E-state index in [9.17, 15) is 10.2 Å². The fourth-order valence-electron chi connectivity index (χ4n) is 5.88. The standard InChI is InChI=1S/C18H23NO4/c1-19-8-7-17-14-10-3-4-12(22-2)15(14)23-16(17)11(20)5-6-18(17,21)13(19)9-10/h3-4,11,13,16,20-21H,5-9H2,1-2H3/t11-,13?,16?,17-,18+/m0/s1. The Morgan fingerprint density at radius 1 is 1.35 bits per heavy atom. The molecule has 124 valence electrons. The molecule has 0 amide bonds. The molecular weight excluding hydrogens is 294 g/mol. The predicted octanol–water partition coefficient (Wildman–Crippen LogP) is 0.840. The number of likely N-dealkylation sites (N-methyl/N-ethyl adjacent to an activating group) is 1. The third-order valence-electron chi connectivity index (χ3n) is 6.90. The maximum absolute atomic E-state index is 11.8. The van der Waals surface area contributed by atoms with Crippen molar-refractivity contribution in [3.63, 3.8) is 0 Å². The molecule has 5 atom stereocenters. The van der Waals surface area contributed by atoms with Crippen LogP contribution < -0.4 is 9.47 Å². The zero-order valence-electron chi connectivity index (χ0n) is 13.6. The summed E-state index contributed by atoms with van der Waals surface area (Å²) >= 11 is 0. The molecule has 2 aliphatic heterocycles. The van der Waals surface area contributed by atoms with E-state index in [1.807, 2.05) is 6.07 Å². The first kappa shape index (κ1) is 14.1. The molecule has 2 heterocycles. The fourth-order valence-corrected chi connectivity index (χ4v) is 5.88. The van der Waals surface area contributed by atoms with E-state index >= 15 is 0 Å². The zero-order valence-corrected chi connectivity index (χ0v) is 13.6. The SMILES string of the molecule is COc1ccc2c3c1OC1[C@@H](O)CC[C@@]4(O)C(C2)N(C)CC[C@]314. The van der Waals surface area contributed by atoms with Gasteiger partial charge in [0, 0.05) is 11.6 Å². The van der Waals surface area contributed by atoms with Gasteiger partial charge in [0.15, 0.2) is 11.5 Å². The van der Waals surface area contributed by atoms with Gasteiger partial charge in [0.25, 0.3) is 0 Å². The van der Waals surface area contributed by atoms with Crippen molar-refractivity contribution in [3.05, 3.63) is 23.3 Å². The molecule has 1 spiro atoms. The minimum atomic E-state index is -0.839. The van der Waals surface area contributed by atoms with Gasteiger partial charge in [-0.3, -0.25) is 0 Å². The Hall–Kier alpha value is -1.30. The van der Waals surface area contributed by atoms with Gasteiger partial charge in [-0.25, -0.2) is 0 Å². The van der Waals surface area contributed by atoms with E-state index in [1.54, 1.807) is 7.11 Å². The van der Waals surface area contributed by atoms with Crippen molar-refractivity contribution in [1.82, 2.24) is 4.90 Å². The number of aliphatic hydroxyl groups is 2. The van der Waals surface area contributed by atoms with Crippen LogP contribution in [0.4, 0.5) is 0 Å². The van der Waals surface area contributed by atoms with E-state index in [2.05, 4.69) is 18.0 Å². The summed E-state index contributed by atoms with van der Waals surface area (Å²) in [6, 6.07) is 4.15. The van der Waals surface area contributed by atoms with Crippen LogP contribution in [0, 0.1) is 0 Å². The van der Waals surface area contributed by atoms with E-state index in [4.69, 9.17) is 9.47 Å². The lowest BCUT2D eigenvalue weighted by atomic mass is 9.49. The molecule has 4 aliphatic rings. The van der Waals surface area contributed by atoms with Crippen molar-refractivity contribution >= 4 is 0 Å². The Kier molecular flexibility index (Phi) is 2.57. The van der Waals surface area contributed by atoms with Crippen molar-refractivity contribution in [2.24, 2.45) is 0 Å². The summed E-state index contributed by atoms with van der Waals surface area (Å²) in [6.07, 6.45) is 1.93. The van der Waals surface area contributed by atoms with Gasteiger partial charge in [0.05, 0.1) is 24.2 Å². The average molecular weight is 317 g/mol. The van der Waals surface area contributed by atoms with Crippen LogP contribution in [0.1, 0.15) is 30.4 Å². The number of rotatable bonds is 1. The summed E-state index contributed by atoms with van der Waals surface area (Å²) in [7, 11) is 3.74. The molecule has 1 aromatic rings. The third kappa shape index (κ3) is 1.37. The van der Waals surface area contributed by atoms with Crippen molar-refractivity contribution in [2.75, 3.05) is 20.7 Å². The quantitative estimate of drug-likeness (QED) is 0.804. The molecule has 2 N–H and O–H groups in total. The smallest absolute Gasteiger partial charge is 0.166 e. The molecule has 1 aromatic carbocycles. The molecule has 1 saturated carbocycles. The van der Waals surface area contributed by atoms with Crippen molar-refractivity contribution < 1.29 is 19.7 Å². The van der Waals surface area contributed by atoms with E-state index in [0.717, 1.165) is 30.7 Å². The molecule has 5 heteroatoms. The number of piperidine rings is 1. The number of likely N-dealkylation sites (tertiary alicyclic amines) is 1. The van der Waals surface area contributed by atoms with Crippen LogP contribution in [-0.2, 0) is 11.8 Å². The van der Waals surface area contributed by atoms with Crippen LogP contribution in [0.3, 0.4) is 0 Å². The summed E-state index contributed by atoms with van der Waals surface area (Å²) in [6.45, 7) is 0.912. The molecule has 23 heavy (non-hydrogen) atoms. The van der Waals surface area contributed by atoms with Crippen molar-refractivity contribution in [3.8, 4) is 11.5 Å². The molecule has 2 bridgehead atoms. The van der Waals surface area contributed by atoms with Crippen molar-refractivity contribution in [1.29, 1.82) is 0 Å². The van der Waals surface area contributed by atoms with Crippen LogP contribution in [0.25, 0.3) is 0 Å². The van der Waals surface area contributed by atoms with Gasteiger partial charge in [0.1, 0.15) is 6.10 Å². The lowest BCUT2D eigenvalue weighted by molar-refractivity contribution is -0.204. The Morgan fingerprint density at radius 3 is 2.96 bits per heavy atom. The first-order valence-corrected chi connectivity index (χ1v) is 8.50. The largest absolute Gasteiger partial charge is 0.493 e. The Balaban J connectivity index is 1.84. The summed E-state index contributed by atoms with van der Waals surface area (Å²) < 4.78 is 11.8. The highest BCUT2D eigenvalue weighted by Gasteiger charge is 2.72. The van der Waals surface area contributed by atoms with Crippen LogP contribution in [0.15, 0.2) is 12.1 Å². The number of benzene rings is 1. The molecule has 1 saturated heterocycles. The molecule has 2 fully saturated rings. The maximum atomic E-state index is 11.8. The molecule has 2 aliphatic carbocycles. The minimum Gasteiger partial charge on any atom is -0.493 e.